The van der Waals surface area contributed by atoms with Crippen molar-refractivity contribution in [1.82, 2.24) is 4.90 Å². The van der Waals surface area contributed by atoms with Gasteiger partial charge in [-0.1, -0.05) is 23.4 Å². The van der Waals surface area contributed by atoms with Crippen LogP contribution in [-0.2, 0) is 4.74 Å². The van der Waals surface area contributed by atoms with Gasteiger partial charge in [-0.05, 0) is 26.8 Å². The van der Waals surface area contributed by atoms with Crippen molar-refractivity contribution in [1.29, 1.82) is 0 Å². The van der Waals surface area contributed by atoms with Crippen molar-refractivity contribution in [2.24, 2.45) is 11.7 Å². The number of hydrogen-bond donors (Lipinski definition) is 1. The molecule has 0 radical (unpaired) electrons. The normalized spacial score (nSPS) is 13.8. The van der Waals surface area contributed by atoms with E-state index in [2.05, 4.69) is 11.8 Å². The number of nitrogens with zero attached hydrogens (tertiary/aromatic N) is 2. The van der Waals surface area contributed by atoms with E-state index in [-0.39, 0.29) is 35.0 Å². The zero-order valence-electron chi connectivity index (χ0n) is 15.7. The van der Waals surface area contributed by atoms with Gasteiger partial charge in [0.05, 0.1) is 10.8 Å². The Bertz CT molecular complexity index is 863. The lowest BCUT2D eigenvalue weighted by Gasteiger charge is -2.37. The number of hydrogen-bond acceptors (Lipinski definition) is 6. The highest BCUT2D eigenvalue weighted by molar-refractivity contribution is 6.34. The Hall–Kier alpha value is -2.99. The summed E-state index contributed by atoms with van der Waals surface area (Å²) in [7, 11) is 0. The van der Waals surface area contributed by atoms with Crippen LogP contribution in [0.2, 0.25) is 5.02 Å². The molecule has 150 valence electrons. The lowest BCUT2D eigenvalue weighted by atomic mass is 10.0. The zero-order valence-corrected chi connectivity index (χ0v) is 16.4. The summed E-state index contributed by atoms with van der Waals surface area (Å²) in [6.07, 6.45) is -0.385. The number of amides is 2. The number of nitrogens with two attached hydrogens (primary N) is 1. The van der Waals surface area contributed by atoms with Gasteiger partial charge in [-0.15, -0.1) is 0 Å². The first kappa shape index (κ1) is 21.3. The number of carbonyl (C=O) groups is 2. The minimum absolute atomic E-state index is 0.0159. The van der Waals surface area contributed by atoms with Crippen molar-refractivity contribution >= 4 is 29.3 Å². The maximum atomic E-state index is 11.8. The molecule has 0 aliphatic carbocycles. The highest BCUT2D eigenvalue weighted by atomic mass is 35.5. The predicted molar refractivity (Wildman–Crippen MR) is 101 cm³/mol. The Balaban J connectivity index is 1.93. The molecule has 2 N–H and O–H groups in total. The third-order valence-electron chi connectivity index (χ3n) is 3.64. The third-order valence-corrected chi connectivity index (χ3v) is 4.02. The molecule has 0 bridgehead atoms. The van der Waals surface area contributed by atoms with Crippen LogP contribution in [0.5, 0.6) is 5.75 Å². The second-order valence-corrected chi connectivity index (χ2v) is 7.50. The number of benzene rings is 1. The molecule has 1 heterocycles. The van der Waals surface area contributed by atoms with Crippen molar-refractivity contribution in [3.8, 4) is 17.6 Å². The predicted octanol–water partition coefficient (Wildman–Crippen LogP) is 2.60. The largest absolute Gasteiger partial charge is 0.479 e. The monoisotopic (exact) mass is 409 g/mol. The summed E-state index contributed by atoms with van der Waals surface area (Å²) in [4.78, 5) is 35.0. The molecule has 1 aromatic carbocycles. The number of nitro groups is 1. The topological polar surface area (TPSA) is 125 Å². The third kappa shape index (κ3) is 5.50. The van der Waals surface area contributed by atoms with Crippen LogP contribution in [0.15, 0.2) is 12.1 Å². The van der Waals surface area contributed by atoms with Crippen LogP contribution in [-0.4, -0.2) is 47.1 Å². The quantitative estimate of drug-likeness (QED) is 0.463. The van der Waals surface area contributed by atoms with Gasteiger partial charge in [0.1, 0.15) is 18.0 Å². The van der Waals surface area contributed by atoms with Crippen LogP contribution < -0.4 is 10.5 Å². The van der Waals surface area contributed by atoms with Crippen molar-refractivity contribution < 1.29 is 24.0 Å². The van der Waals surface area contributed by atoms with Gasteiger partial charge < -0.3 is 20.1 Å². The van der Waals surface area contributed by atoms with Crippen molar-refractivity contribution in [2.75, 3.05) is 19.7 Å². The van der Waals surface area contributed by atoms with Gasteiger partial charge in [0.2, 0.25) is 5.91 Å². The molecule has 28 heavy (non-hydrogen) atoms. The van der Waals surface area contributed by atoms with Gasteiger partial charge >= 0.3 is 6.09 Å². The molecular weight excluding hydrogens is 390 g/mol. The summed E-state index contributed by atoms with van der Waals surface area (Å²) in [5.74, 6) is 4.80. The Morgan fingerprint density at radius 1 is 1.39 bits per heavy atom. The summed E-state index contributed by atoms with van der Waals surface area (Å²) in [6.45, 7) is 6.19. The molecule has 0 atom stereocenters. The SMILES string of the molecule is CC(C)(C)OC(=O)N1CC(C#CCOc2cc(C(N)=O)cc([N+](=O)[O-])c2Cl)C1. The molecule has 1 aromatic rings. The van der Waals surface area contributed by atoms with Crippen LogP contribution >= 0.6 is 11.6 Å². The van der Waals surface area contributed by atoms with E-state index in [1.807, 2.05) is 0 Å². The van der Waals surface area contributed by atoms with Crippen LogP contribution in [0.1, 0.15) is 31.1 Å². The second-order valence-electron chi connectivity index (χ2n) is 7.12. The zero-order chi connectivity index (χ0) is 21.1. The number of carbonyl (C=O) groups excluding carboxylic acids is 2. The van der Waals surface area contributed by atoms with Crippen LogP contribution in [0.3, 0.4) is 0 Å². The summed E-state index contributed by atoms with van der Waals surface area (Å²) >= 11 is 5.94. The van der Waals surface area contributed by atoms with Crippen molar-refractivity contribution in [3.63, 3.8) is 0 Å². The van der Waals surface area contributed by atoms with E-state index in [1.165, 1.54) is 6.07 Å². The first-order valence-corrected chi connectivity index (χ1v) is 8.72. The molecule has 1 aliphatic rings. The van der Waals surface area contributed by atoms with Crippen LogP contribution in [0.25, 0.3) is 0 Å². The molecule has 2 amide bonds. The van der Waals surface area contributed by atoms with Gasteiger partial charge in [-0.3, -0.25) is 14.9 Å². The fourth-order valence-corrected chi connectivity index (χ4v) is 2.54. The van der Waals surface area contributed by atoms with E-state index in [1.54, 1.807) is 25.7 Å². The molecule has 0 spiro atoms. The molecule has 1 aliphatic heterocycles. The van der Waals surface area contributed by atoms with E-state index >= 15 is 0 Å². The average Bonchev–Trinajstić information content (AvgIpc) is 2.51. The van der Waals surface area contributed by atoms with E-state index < -0.39 is 22.1 Å². The standard InChI is InChI=1S/C18H20ClN3O6/c1-18(2,3)28-17(24)21-9-11(10-21)5-4-6-27-14-8-12(16(20)23)7-13(15(14)19)22(25)26/h7-8,11H,6,9-10H2,1-3H3,(H2,20,23). The summed E-state index contributed by atoms with van der Waals surface area (Å²) in [5.41, 5.74) is 4.04. The van der Waals surface area contributed by atoms with E-state index in [4.69, 9.17) is 26.8 Å². The minimum atomic E-state index is -0.840. The first-order chi connectivity index (χ1) is 13.0. The highest BCUT2D eigenvalue weighted by Gasteiger charge is 2.32. The van der Waals surface area contributed by atoms with Crippen LogP contribution in [0, 0.1) is 27.9 Å². The van der Waals surface area contributed by atoms with E-state index in [0.717, 1.165) is 6.07 Å². The lowest BCUT2D eigenvalue weighted by molar-refractivity contribution is -0.384. The van der Waals surface area contributed by atoms with E-state index in [9.17, 15) is 19.7 Å². The van der Waals surface area contributed by atoms with Crippen molar-refractivity contribution in [2.45, 2.75) is 26.4 Å². The molecule has 0 aromatic heterocycles. The van der Waals surface area contributed by atoms with Gasteiger partial charge in [0.15, 0.2) is 5.02 Å². The number of halogens is 1. The first-order valence-electron chi connectivity index (χ1n) is 8.35. The Labute approximate surface area is 166 Å². The second kappa shape index (κ2) is 8.35. The number of primary amides is 1. The fourth-order valence-electron chi connectivity index (χ4n) is 2.31. The van der Waals surface area contributed by atoms with Crippen molar-refractivity contribution in [3.05, 3.63) is 32.8 Å². The smallest absolute Gasteiger partial charge is 0.410 e. The van der Waals surface area contributed by atoms with Crippen LogP contribution in [0.4, 0.5) is 10.5 Å². The molecule has 1 saturated heterocycles. The minimum Gasteiger partial charge on any atom is -0.479 e. The maximum Gasteiger partial charge on any atom is 0.410 e. The van der Waals surface area contributed by atoms with Gasteiger partial charge in [-0.25, -0.2) is 4.79 Å². The summed E-state index contributed by atoms with van der Waals surface area (Å²) < 4.78 is 10.6. The average molecular weight is 410 g/mol. The number of rotatable bonds is 4. The Kier molecular flexibility index (Phi) is 6.36. The fraction of sp³-hybridized carbons (Fsp3) is 0.444. The Morgan fingerprint density at radius 2 is 2.04 bits per heavy atom. The highest BCUT2D eigenvalue weighted by Crippen LogP contribution is 2.35. The maximum absolute atomic E-state index is 11.8. The van der Waals surface area contributed by atoms with Gasteiger partial charge in [0, 0.05) is 24.7 Å². The van der Waals surface area contributed by atoms with Gasteiger partial charge in [-0.2, -0.15) is 0 Å². The molecule has 10 heteroatoms. The molecule has 2 rings (SSSR count). The number of nitro benzene ring substituents is 1. The number of likely N-dealkylation sites (tertiary alicyclic amines) is 1. The molecule has 1 fully saturated rings. The molecule has 0 unspecified atom stereocenters. The Morgan fingerprint density at radius 3 is 2.57 bits per heavy atom. The molecular formula is C18H20ClN3O6. The summed E-state index contributed by atoms with van der Waals surface area (Å²) in [6, 6.07) is 2.22. The van der Waals surface area contributed by atoms with E-state index in [0.29, 0.717) is 13.1 Å². The lowest BCUT2D eigenvalue weighted by Crippen LogP contribution is -2.51. The molecule has 9 nitrogen and oxygen atoms in total. The molecule has 0 saturated carbocycles. The van der Waals surface area contributed by atoms with Gasteiger partial charge in [0.25, 0.3) is 5.69 Å². The number of ether oxygens (including phenoxy) is 2. The summed E-state index contributed by atoms with van der Waals surface area (Å²) in [5, 5.41) is 10.8.